The number of aromatic nitrogens is 2. The lowest BCUT2D eigenvalue weighted by Crippen LogP contribution is -2.38. The summed E-state index contributed by atoms with van der Waals surface area (Å²) in [4.78, 5) is 17.4. The number of nitro benzene ring substituents is 1. The van der Waals surface area contributed by atoms with E-state index in [0.29, 0.717) is 30.3 Å². The summed E-state index contributed by atoms with van der Waals surface area (Å²) in [6.45, 7) is 0.704. The predicted octanol–water partition coefficient (Wildman–Crippen LogP) is 3.94. The highest BCUT2D eigenvalue weighted by Gasteiger charge is 2.35. The molecule has 1 aromatic carbocycles. The third-order valence-electron chi connectivity index (χ3n) is 5.18. The molecule has 2 aromatic rings. The third-order valence-corrected chi connectivity index (χ3v) is 5.18. The smallest absolute Gasteiger partial charge is 0.269 e. The Morgan fingerprint density at radius 2 is 1.76 bits per heavy atom. The van der Waals surface area contributed by atoms with E-state index in [2.05, 4.69) is 15.0 Å². The van der Waals surface area contributed by atoms with Crippen LogP contribution < -0.4 is 0 Å². The van der Waals surface area contributed by atoms with Crippen molar-refractivity contribution in [2.24, 2.45) is 0 Å². The molecule has 7 nitrogen and oxygen atoms in total. The molecule has 2 aliphatic carbocycles. The molecule has 2 aliphatic rings. The molecule has 1 heterocycles. The van der Waals surface area contributed by atoms with Crippen LogP contribution in [0, 0.1) is 10.1 Å². The van der Waals surface area contributed by atoms with Gasteiger partial charge in [-0.2, -0.15) is 4.98 Å². The van der Waals surface area contributed by atoms with Crippen LogP contribution in [0.1, 0.15) is 50.8 Å². The van der Waals surface area contributed by atoms with Crippen LogP contribution in [0.15, 0.2) is 28.8 Å². The molecule has 4 rings (SSSR count). The Hall–Kier alpha value is -2.28. The fourth-order valence-electron chi connectivity index (χ4n) is 3.70. The largest absolute Gasteiger partial charge is 0.338 e. The van der Waals surface area contributed by atoms with E-state index in [1.54, 1.807) is 12.1 Å². The van der Waals surface area contributed by atoms with Crippen molar-refractivity contribution in [1.82, 2.24) is 15.0 Å². The van der Waals surface area contributed by atoms with Gasteiger partial charge in [0.1, 0.15) is 0 Å². The monoisotopic (exact) mass is 342 g/mol. The zero-order chi connectivity index (χ0) is 17.2. The molecule has 0 bridgehead atoms. The van der Waals surface area contributed by atoms with Crippen LogP contribution in [-0.2, 0) is 6.54 Å². The summed E-state index contributed by atoms with van der Waals surface area (Å²) in [6, 6.07) is 7.54. The van der Waals surface area contributed by atoms with Gasteiger partial charge in [0.25, 0.3) is 5.69 Å². The van der Waals surface area contributed by atoms with Crippen LogP contribution in [0.4, 0.5) is 5.69 Å². The van der Waals surface area contributed by atoms with E-state index in [4.69, 9.17) is 4.52 Å². The summed E-state index contributed by atoms with van der Waals surface area (Å²) in [6.07, 6.45) is 9.02. The number of nitro groups is 1. The predicted molar refractivity (Wildman–Crippen MR) is 91.8 cm³/mol. The Balaban J connectivity index is 1.47. The second-order valence-electron chi connectivity index (χ2n) is 7.01. The molecule has 0 saturated heterocycles. The summed E-state index contributed by atoms with van der Waals surface area (Å²) in [5.74, 6) is 1.12. The van der Waals surface area contributed by atoms with E-state index in [1.807, 2.05) is 0 Å². The van der Waals surface area contributed by atoms with Crippen LogP contribution in [0.25, 0.3) is 11.4 Å². The Bertz CT molecular complexity index is 733. The minimum Gasteiger partial charge on any atom is -0.338 e. The highest BCUT2D eigenvalue weighted by Crippen LogP contribution is 2.35. The highest BCUT2D eigenvalue weighted by molar-refractivity contribution is 5.56. The SMILES string of the molecule is O=[N+]([O-])c1ccc(-c2noc(CN(C3CCCCC3)C3CC3)n2)cc1. The maximum atomic E-state index is 10.7. The van der Waals surface area contributed by atoms with Gasteiger partial charge in [-0.25, -0.2) is 0 Å². The number of hydrogen-bond acceptors (Lipinski definition) is 6. The first-order chi connectivity index (χ1) is 12.2. The van der Waals surface area contributed by atoms with E-state index in [1.165, 1.54) is 57.1 Å². The average Bonchev–Trinajstić information content (AvgIpc) is 3.38. The molecule has 1 aromatic heterocycles. The van der Waals surface area contributed by atoms with Crippen molar-refractivity contribution in [2.45, 2.75) is 63.6 Å². The quantitative estimate of drug-likeness (QED) is 0.584. The van der Waals surface area contributed by atoms with Gasteiger partial charge in [0.2, 0.25) is 11.7 Å². The van der Waals surface area contributed by atoms with Gasteiger partial charge in [-0.15, -0.1) is 0 Å². The zero-order valence-electron chi connectivity index (χ0n) is 14.1. The molecule has 132 valence electrons. The molecule has 0 radical (unpaired) electrons. The summed E-state index contributed by atoms with van der Waals surface area (Å²) in [5, 5.41) is 14.8. The summed E-state index contributed by atoms with van der Waals surface area (Å²) in [5.41, 5.74) is 0.793. The zero-order valence-corrected chi connectivity index (χ0v) is 14.1. The molecule has 25 heavy (non-hydrogen) atoms. The van der Waals surface area contributed by atoms with Gasteiger partial charge >= 0.3 is 0 Å². The lowest BCUT2D eigenvalue weighted by Gasteiger charge is -2.33. The van der Waals surface area contributed by atoms with Crippen molar-refractivity contribution in [2.75, 3.05) is 0 Å². The Kier molecular flexibility index (Phi) is 4.48. The van der Waals surface area contributed by atoms with E-state index in [0.717, 1.165) is 5.56 Å². The molecular formula is C18H22N4O3. The molecular weight excluding hydrogens is 320 g/mol. The van der Waals surface area contributed by atoms with E-state index in [-0.39, 0.29) is 5.69 Å². The van der Waals surface area contributed by atoms with Gasteiger partial charge in [0.15, 0.2) is 0 Å². The lowest BCUT2D eigenvalue weighted by molar-refractivity contribution is -0.384. The van der Waals surface area contributed by atoms with Crippen LogP contribution in [0.2, 0.25) is 0 Å². The topological polar surface area (TPSA) is 85.3 Å². The molecule has 0 aliphatic heterocycles. The minimum absolute atomic E-state index is 0.0599. The van der Waals surface area contributed by atoms with Gasteiger partial charge in [-0.05, 0) is 37.8 Å². The molecule has 0 spiro atoms. The average molecular weight is 342 g/mol. The standard InChI is InChI=1S/C18H22N4O3/c23-22(24)16-8-6-13(7-9-16)18-19-17(25-20-18)12-21(15-10-11-15)14-4-2-1-3-5-14/h6-9,14-15H,1-5,10-12H2. The molecule has 0 N–H and O–H groups in total. The number of hydrogen-bond donors (Lipinski definition) is 0. The maximum Gasteiger partial charge on any atom is 0.269 e. The van der Waals surface area contributed by atoms with Crippen LogP contribution in [0.5, 0.6) is 0 Å². The van der Waals surface area contributed by atoms with Crippen molar-refractivity contribution < 1.29 is 9.45 Å². The summed E-state index contributed by atoms with van der Waals surface area (Å²) in [7, 11) is 0. The van der Waals surface area contributed by atoms with Crippen molar-refractivity contribution >= 4 is 5.69 Å². The van der Waals surface area contributed by atoms with Gasteiger partial charge < -0.3 is 4.52 Å². The fourth-order valence-corrected chi connectivity index (χ4v) is 3.70. The first-order valence-electron chi connectivity index (χ1n) is 9.04. The fraction of sp³-hybridized carbons (Fsp3) is 0.556. The van der Waals surface area contributed by atoms with Crippen molar-refractivity contribution in [3.8, 4) is 11.4 Å². The molecule has 0 amide bonds. The number of benzene rings is 1. The van der Waals surface area contributed by atoms with Crippen LogP contribution in [0.3, 0.4) is 0 Å². The number of rotatable bonds is 6. The van der Waals surface area contributed by atoms with Gasteiger partial charge in [-0.1, -0.05) is 24.4 Å². The van der Waals surface area contributed by atoms with Crippen LogP contribution in [-0.4, -0.2) is 32.0 Å². The molecule has 2 saturated carbocycles. The Morgan fingerprint density at radius 3 is 2.40 bits per heavy atom. The Morgan fingerprint density at radius 1 is 1.08 bits per heavy atom. The van der Waals surface area contributed by atoms with E-state index >= 15 is 0 Å². The van der Waals surface area contributed by atoms with E-state index < -0.39 is 4.92 Å². The maximum absolute atomic E-state index is 10.7. The third kappa shape index (κ3) is 3.71. The van der Waals surface area contributed by atoms with Gasteiger partial charge in [-0.3, -0.25) is 15.0 Å². The van der Waals surface area contributed by atoms with Crippen molar-refractivity contribution in [3.63, 3.8) is 0 Å². The van der Waals surface area contributed by atoms with Crippen molar-refractivity contribution in [3.05, 3.63) is 40.3 Å². The molecule has 2 fully saturated rings. The van der Waals surface area contributed by atoms with Gasteiger partial charge in [0.05, 0.1) is 11.5 Å². The first kappa shape index (κ1) is 16.2. The first-order valence-corrected chi connectivity index (χ1v) is 9.04. The number of non-ortho nitro benzene ring substituents is 1. The summed E-state index contributed by atoms with van der Waals surface area (Å²) < 4.78 is 5.46. The minimum atomic E-state index is -0.414. The second-order valence-corrected chi connectivity index (χ2v) is 7.01. The molecule has 0 atom stereocenters. The van der Waals surface area contributed by atoms with E-state index in [9.17, 15) is 10.1 Å². The molecule has 0 unspecified atom stereocenters. The number of nitrogens with zero attached hydrogens (tertiary/aromatic N) is 4. The second kappa shape index (κ2) is 6.92. The Labute approximate surface area is 146 Å². The lowest BCUT2D eigenvalue weighted by atomic mass is 9.94. The normalized spacial score (nSPS) is 18.6. The van der Waals surface area contributed by atoms with Gasteiger partial charge in [0, 0.05) is 29.8 Å². The van der Waals surface area contributed by atoms with Crippen molar-refractivity contribution in [1.29, 1.82) is 0 Å². The summed E-state index contributed by atoms with van der Waals surface area (Å²) >= 11 is 0. The molecule has 7 heteroatoms. The highest BCUT2D eigenvalue weighted by atomic mass is 16.6. The van der Waals surface area contributed by atoms with Crippen LogP contribution >= 0.6 is 0 Å².